The van der Waals surface area contributed by atoms with Gasteiger partial charge in [0.25, 0.3) is 5.56 Å². The van der Waals surface area contributed by atoms with Crippen LogP contribution in [0.25, 0.3) is 10.2 Å². The van der Waals surface area contributed by atoms with E-state index in [2.05, 4.69) is 33.0 Å². The fourth-order valence-electron chi connectivity index (χ4n) is 3.51. The minimum atomic E-state index is -0.376. The van der Waals surface area contributed by atoms with E-state index in [0.29, 0.717) is 19.5 Å². The lowest BCUT2D eigenvalue weighted by Crippen LogP contribution is -2.33. The number of rotatable bonds is 7. The fourth-order valence-corrected chi connectivity index (χ4v) is 4.46. The molecule has 0 aromatic carbocycles. The summed E-state index contributed by atoms with van der Waals surface area (Å²) in [5, 5.41) is 22.6. The lowest BCUT2D eigenvalue weighted by molar-refractivity contribution is 0.102. The highest BCUT2D eigenvalue weighted by atomic mass is 32.1. The predicted octanol–water partition coefficient (Wildman–Crippen LogP) is 0.823. The quantitative estimate of drug-likeness (QED) is 0.519. The number of nitrogens with zero attached hydrogens (tertiary/aromatic N) is 4. The zero-order valence-electron chi connectivity index (χ0n) is 16.5. The van der Waals surface area contributed by atoms with Crippen LogP contribution < -0.4 is 15.2 Å². The lowest BCUT2D eigenvalue weighted by Gasteiger charge is -2.28. The number of aromatic amines is 1. The van der Waals surface area contributed by atoms with Gasteiger partial charge in [-0.05, 0) is 18.9 Å². The molecule has 3 aromatic rings. The van der Waals surface area contributed by atoms with Crippen molar-refractivity contribution in [3.8, 4) is 6.01 Å². The number of aryl methyl sites for hydroxylation is 2. The van der Waals surface area contributed by atoms with Gasteiger partial charge in [-0.2, -0.15) is 9.97 Å². The van der Waals surface area contributed by atoms with Gasteiger partial charge in [-0.3, -0.25) is 14.6 Å². The van der Waals surface area contributed by atoms with Gasteiger partial charge in [0.1, 0.15) is 10.6 Å². The predicted molar refractivity (Wildman–Crippen MR) is 111 cm³/mol. The molecule has 0 aliphatic carbocycles. The van der Waals surface area contributed by atoms with Crippen molar-refractivity contribution in [2.75, 3.05) is 31.3 Å². The molecule has 4 heterocycles. The van der Waals surface area contributed by atoms with Crippen LogP contribution in [0.2, 0.25) is 0 Å². The second-order valence-corrected chi connectivity index (χ2v) is 8.38. The van der Waals surface area contributed by atoms with Gasteiger partial charge in [0, 0.05) is 30.0 Å². The molecular formula is C19H25N5O4S. The first-order valence-electron chi connectivity index (χ1n) is 9.70. The van der Waals surface area contributed by atoms with E-state index >= 15 is 0 Å². The van der Waals surface area contributed by atoms with E-state index < -0.39 is 0 Å². The van der Waals surface area contributed by atoms with Crippen molar-refractivity contribution in [2.24, 2.45) is 13.0 Å². The molecule has 4 rings (SSSR count). The van der Waals surface area contributed by atoms with Crippen molar-refractivity contribution in [1.82, 2.24) is 19.7 Å². The van der Waals surface area contributed by atoms with Gasteiger partial charge < -0.3 is 19.8 Å². The lowest BCUT2D eigenvalue weighted by atomic mass is 10.1. The second-order valence-electron chi connectivity index (χ2n) is 7.26. The maximum atomic E-state index is 12.2. The Morgan fingerprint density at radius 3 is 2.86 bits per heavy atom. The smallest absolute Gasteiger partial charge is 0.319 e. The minimum Gasteiger partial charge on any atom is -0.463 e. The molecular weight excluding hydrogens is 394 g/mol. The molecule has 0 saturated heterocycles. The number of nitrogens with one attached hydrogen (secondary N) is 1. The highest BCUT2D eigenvalue weighted by Gasteiger charge is 2.25. The van der Waals surface area contributed by atoms with E-state index in [9.17, 15) is 15.0 Å². The number of ether oxygens (including phenoxy) is 1. The summed E-state index contributed by atoms with van der Waals surface area (Å²) in [4.78, 5) is 25.6. The number of aromatic nitrogens is 4. The number of hydrogen-bond donors (Lipinski definition) is 3. The fraction of sp³-hybridized carbons (Fsp3) is 0.526. The Kier molecular flexibility index (Phi) is 5.57. The van der Waals surface area contributed by atoms with Crippen molar-refractivity contribution in [2.45, 2.75) is 26.3 Å². The van der Waals surface area contributed by atoms with Crippen LogP contribution in [-0.4, -0.2) is 56.3 Å². The Balaban J connectivity index is 1.70. The van der Waals surface area contributed by atoms with Crippen LogP contribution >= 0.6 is 11.3 Å². The van der Waals surface area contributed by atoms with Crippen LogP contribution in [0.4, 0.5) is 5.82 Å². The third kappa shape index (κ3) is 3.75. The molecule has 0 spiro atoms. The molecule has 0 atom stereocenters. The molecule has 0 radical (unpaired) electrons. The summed E-state index contributed by atoms with van der Waals surface area (Å²) in [5.74, 6) is 0.403. The molecule has 10 heteroatoms. The van der Waals surface area contributed by atoms with Crippen LogP contribution in [0.5, 0.6) is 6.01 Å². The van der Waals surface area contributed by atoms with E-state index in [1.165, 1.54) is 9.56 Å². The van der Waals surface area contributed by atoms with Gasteiger partial charge in [-0.1, -0.05) is 6.92 Å². The normalized spacial score (nSPS) is 14.0. The topological polar surface area (TPSA) is 117 Å². The Morgan fingerprint density at radius 2 is 2.14 bits per heavy atom. The average Bonchev–Trinajstić information content (AvgIpc) is 3.28. The summed E-state index contributed by atoms with van der Waals surface area (Å²) in [5.41, 5.74) is 1.77. The van der Waals surface area contributed by atoms with Crippen LogP contribution in [0.3, 0.4) is 0 Å². The SMILES string of the molecule is CCc1cc2c(N3CCc4c([nH]n(C)c4=O)C3)nc(OCC(CO)CO)nc2s1. The molecule has 0 saturated carbocycles. The number of aliphatic hydroxyl groups is 2. The number of hydrogen-bond acceptors (Lipinski definition) is 8. The van der Waals surface area contributed by atoms with E-state index in [1.54, 1.807) is 18.4 Å². The monoisotopic (exact) mass is 419 g/mol. The zero-order valence-corrected chi connectivity index (χ0v) is 17.3. The maximum Gasteiger partial charge on any atom is 0.319 e. The van der Waals surface area contributed by atoms with Gasteiger partial charge >= 0.3 is 6.01 Å². The Labute approximate surface area is 171 Å². The standard InChI is InChI=1S/C19H25N5O4S/c1-3-12-6-14-16(24-5-4-13-15(7-24)22-23(2)18(13)27)20-19(21-17(14)29-12)28-10-11(8-25)9-26/h6,11,22,25-26H,3-5,7-10H2,1-2H3. The van der Waals surface area contributed by atoms with Crippen LogP contribution in [0.15, 0.2) is 10.9 Å². The summed E-state index contributed by atoms with van der Waals surface area (Å²) < 4.78 is 7.22. The van der Waals surface area contributed by atoms with Crippen molar-refractivity contribution < 1.29 is 14.9 Å². The highest BCUT2D eigenvalue weighted by molar-refractivity contribution is 7.18. The molecule has 0 unspecified atom stereocenters. The number of aliphatic hydroxyl groups excluding tert-OH is 2. The molecule has 9 nitrogen and oxygen atoms in total. The summed E-state index contributed by atoms with van der Waals surface area (Å²) in [6.45, 7) is 3.15. The van der Waals surface area contributed by atoms with Crippen LogP contribution in [-0.2, 0) is 26.4 Å². The third-order valence-corrected chi connectivity index (χ3v) is 6.40. The molecule has 29 heavy (non-hydrogen) atoms. The zero-order chi connectivity index (χ0) is 20.5. The van der Waals surface area contributed by atoms with Crippen molar-refractivity contribution in [3.63, 3.8) is 0 Å². The summed E-state index contributed by atoms with van der Waals surface area (Å²) in [6.07, 6.45) is 1.55. The first-order chi connectivity index (χ1) is 14.0. The minimum absolute atomic E-state index is 0.0272. The largest absolute Gasteiger partial charge is 0.463 e. The van der Waals surface area contributed by atoms with Crippen molar-refractivity contribution >= 4 is 27.4 Å². The first kappa shape index (κ1) is 19.9. The summed E-state index contributed by atoms with van der Waals surface area (Å²) >= 11 is 1.61. The molecule has 0 amide bonds. The van der Waals surface area contributed by atoms with Crippen LogP contribution in [0, 0.1) is 5.92 Å². The molecule has 3 N–H and O–H groups in total. The van der Waals surface area contributed by atoms with E-state index in [-0.39, 0.29) is 37.3 Å². The van der Waals surface area contributed by atoms with E-state index in [1.807, 2.05) is 0 Å². The second kappa shape index (κ2) is 8.13. The first-order valence-corrected chi connectivity index (χ1v) is 10.5. The third-order valence-electron chi connectivity index (χ3n) is 5.23. The van der Waals surface area contributed by atoms with Gasteiger partial charge in [-0.15, -0.1) is 11.3 Å². The van der Waals surface area contributed by atoms with E-state index in [0.717, 1.165) is 33.7 Å². The van der Waals surface area contributed by atoms with Crippen LogP contribution in [0.1, 0.15) is 23.1 Å². The molecule has 1 aliphatic rings. The van der Waals surface area contributed by atoms with E-state index in [4.69, 9.17) is 4.74 Å². The average molecular weight is 420 g/mol. The number of thiophene rings is 1. The number of H-pyrrole nitrogens is 1. The highest BCUT2D eigenvalue weighted by Crippen LogP contribution is 2.34. The van der Waals surface area contributed by atoms with Gasteiger partial charge in [0.15, 0.2) is 0 Å². The molecule has 0 bridgehead atoms. The molecule has 0 fully saturated rings. The molecule has 1 aliphatic heterocycles. The molecule has 3 aromatic heterocycles. The van der Waals surface area contributed by atoms with Crippen molar-refractivity contribution in [1.29, 1.82) is 0 Å². The summed E-state index contributed by atoms with van der Waals surface area (Å²) in [7, 11) is 1.73. The van der Waals surface area contributed by atoms with Gasteiger partial charge in [0.2, 0.25) is 0 Å². The Hall–Kier alpha value is -2.43. The van der Waals surface area contributed by atoms with Crippen molar-refractivity contribution in [3.05, 3.63) is 32.6 Å². The maximum absolute atomic E-state index is 12.2. The Bertz CT molecular complexity index is 1070. The number of fused-ring (bicyclic) bond motifs is 2. The van der Waals surface area contributed by atoms with Gasteiger partial charge in [-0.25, -0.2) is 0 Å². The Morgan fingerprint density at radius 1 is 1.34 bits per heavy atom. The summed E-state index contributed by atoms with van der Waals surface area (Å²) in [6, 6.07) is 2.35. The molecule has 156 valence electrons. The number of anilines is 1. The van der Waals surface area contributed by atoms with Gasteiger partial charge in [0.05, 0.1) is 37.4 Å².